The van der Waals surface area contributed by atoms with Gasteiger partial charge in [0.25, 0.3) is 0 Å². The highest BCUT2D eigenvalue weighted by Gasteiger charge is 2.21. The molecule has 1 heterocycles. The van der Waals surface area contributed by atoms with Crippen LogP contribution in [0.1, 0.15) is 39.0 Å². The number of nitrogens with zero attached hydrogens (tertiary/aromatic N) is 1. The summed E-state index contributed by atoms with van der Waals surface area (Å²) in [6.07, 6.45) is 5.46. The summed E-state index contributed by atoms with van der Waals surface area (Å²) in [5.41, 5.74) is 2.53. The van der Waals surface area contributed by atoms with E-state index in [1.165, 1.54) is 29.5 Å². The first-order valence-corrected chi connectivity index (χ1v) is 13.3. The van der Waals surface area contributed by atoms with Crippen LogP contribution >= 0.6 is 23.1 Å². The van der Waals surface area contributed by atoms with Gasteiger partial charge >= 0.3 is 0 Å². The number of aromatic nitrogens is 1. The third-order valence-corrected chi connectivity index (χ3v) is 7.75. The second-order valence-corrected chi connectivity index (χ2v) is 10.6. The molecule has 2 amide bonds. The highest BCUT2D eigenvalue weighted by atomic mass is 32.2. The number of hydrogen-bond donors (Lipinski definition) is 2. The lowest BCUT2D eigenvalue weighted by atomic mass is 9.88. The molecule has 0 bridgehead atoms. The number of carbonyl (C=O) groups is 2. The van der Waals surface area contributed by atoms with E-state index in [2.05, 4.69) is 15.6 Å². The average Bonchev–Trinajstić information content (AvgIpc) is 3.34. The van der Waals surface area contributed by atoms with Gasteiger partial charge in [-0.1, -0.05) is 31.4 Å². The Labute approximate surface area is 208 Å². The molecule has 0 radical (unpaired) electrons. The fraction of sp³-hybridized carbons (Fsp3) is 0.346. The number of nitrogens with one attached hydrogen (secondary N) is 2. The molecule has 1 aliphatic rings. The Kier molecular flexibility index (Phi) is 8.24. The number of hydrogen-bond acceptors (Lipinski definition) is 6. The van der Waals surface area contributed by atoms with Gasteiger partial charge in [0, 0.05) is 27.4 Å². The van der Waals surface area contributed by atoms with Crippen molar-refractivity contribution in [3.05, 3.63) is 53.9 Å². The smallest absolute Gasteiger partial charge is 0.239 e. The molecule has 2 aromatic carbocycles. The molecule has 178 valence electrons. The van der Waals surface area contributed by atoms with Crippen molar-refractivity contribution >= 4 is 45.7 Å². The molecule has 4 rings (SSSR count). The fourth-order valence-corrected chi connectivity index (χ4v) is 5.53. The van der Waals surface area contributed by atoms with Crippen LogP contribution in [-0.4, -0.2) is 29.2 Å². The van der Waals surface area contributed by atoms with E-state index in [9.17, 15) is 9.59 Å². The Hall–Kier alpha value is -2.84. The molecule has 0 saturated heterocycles. The molecule has 1 aromatic heterocycles. The van der Waals surface area contributed by atoms with Gasteiger partial charge in [-0.3, -0.25) is 9.59 Å². The van der Waals surface area contributed by atoms with Crippen molar-refractivity contribution in [1.29, 1.82) is 0 Å². The zero-order valence-electron chi connectivity index (χ0n) is 19.4. The van der Waals surface area contributed by atoms with Gasteiger partial charge in [-0.2, -0.15) is 0 Å². The summed E-state index contributed by atoms with van der Waals surface area (Å²) in [4.78, 5) is 30.7. The van der Waals surface area contributed by atoms with Crippen LogP contribution in [0.25, 0.3) is 11.3 Å². The molecular formula is C26H29N3O3S2. The molecule has 0 spiro atoms. The molecule has 1 unspecified atom stereocenters. The summed E-state index contributed by atoms with van der Waals surface area (Å²) in [7, 11) is 1.63. The maximum absolute atomic E-state index is 12.7. The first-order chi connectivity index (χ1) is 16.5. The molecule has 8 heteroatoms. The molecule has 3 aromatic rings. The maximum atomic E-state index is 12.7. The summed E-state index contributed by atoms with van der Waals surface area (Å²) < 4.78 is 5.27. The first kappa shape index (κ1) is 24.3. The third kappa shape index (κ3) is 6.39. The summed E-state index contributed by atoms with van der Waals surface area (Å²) >= 11 is 2.87. The Bertz CT molecular complexity index is 1120. The number of rotatable bonds is 8. The van der Waals surface area contributed by atoms with Gasteiger partial charge < -0.3 is 15.4 Å². The van der Waals surface area contributed by atoms with Crippen LogP contribution in [0, 0.1) is 5.92 Å². The summed E-state index contributed by atoms with van der Waals surface area (Å²) in [5.74, 6) is 0.901. The fourth-order valence-electron chi connectivity index (χ4n) is 3.94. The molecule has 6 nitrogen and oxygen atoms in total. The normalized spacial score (nSPS) is 14.9. The van der Waals surface area contributed by atoms with Crippen molar-refractivity contribution in [2.45, 2.75) is 49.2 Å². The first-order valence-electron chi connectivity index (χ1n) is 11.5. The minimum atomic E-state index is -0.299. The van der Waals surface area contributed by atoms with Crippen molar-refractivity contribution in [2.24, 2.45) is 5.92 Å². The Balaban J connectivity index is 1.29. The van der Waals surface area contributed by atoms with Gasteiger partial charge in [0.2, 0.25) is 11.8 Å². The number of carbonyl (C=O) groups excluding carboxylic acids is 2. The number of amides is 2. The lowest BCUT2D eigenvalue weighted by molar-refractivity contribution is -0.120. The van der Waals surface area contributed by atoms with Gasteiger partial charge in [-0.25, -0.2) is 4.98 Å². The molecule has 1 saturated carbocycles. The van der Waals surface area contributed by atoms with Crippen LogP contribution in [0.3, 0.4) is 0 Å². The van der Waals surface area contributed by atoms with E-state index >= 15 is 0 Å². The number of thioether (sulfide) groups is 1. The van der Waals surface area contributed by atoms with E-state index in [1.807, 2.05) is 60.8 Å². The van der Waals surface area contributed by atoms with Crippen molar-refractivity contribution in [1.82, 2.24) is 4.98 Å². The molecule has 1 atom stereocenters. The predicted octanol–water partition coefficient (Wildman–Crippen LogP) is 6.46. The number of methoxy groups -OCH3 is 1. The van der Waals surface area contributed by atoms with Gasteiger partial charge in [-0.05, 0) is 56.2 Å². The molecule has 1 aliphatic carbocycles. The Morgan fingerprint density at radius 3 is 2.59 bits per heavy atom. The average molecular weight is 496 g/mol. The summed E-state index contributed by atoms with van der Waals surface area (Å²) in [6, 6.07) is 15.4. The molecule has 0 aliphatic heterocycles. The zero-order chi connectivity index (χ0) is 23.9. The van der Waals surface area contributed by atoms with Crippen LogP contribution in [0.2, 0.25) is 0 Å². The largest absolute Gasteiger partial charge is 0.497 e. The van der Waals surface area contributed by atoms with Crippen molar-refractivity contribution < 1.29 is 14.3 Å². The molecule has 2 N–H and O–H groups in total. The Morgan fingerprint density at radius 2 is 1.85 bits per heavy atom. The summed E-state index contributed by atoms with van der Waals surface area (Å²) in [5, 5.41) is 8.13. The van der Waals surface area contributed by atoms with E-state index in [1.54, 1.807) is 7.11 Å². The van der Waals surface area contributed by atoms with E-state index in [-0.39, 0.29) is 23.0 Å². The number of thiazole rings is 1. The Morgan fingerprint density at radius 1 is 1.09 bits per heavy atom. The predicted molar refractivity (Wildman–Crippen MR) is 140 cm³/mol. The van der Waals surface area contributed by atoms with E-state index < -0.39 is 0 Å². The zero-order valence-corrected chi connectivity index (χ0v) is 21.0. The standard InChI is InChI=1S/C26H29N3O3S2/c1-17(24(30)29-26-28-23(16-33-26)19-9-6-10-21(15-19)32-2)34-22-13-11-20(12-14-22)27-25(31)18-7-4-3-5-8-18/h6,9-18H,3-5,7-8H2,1-2H3,(H,27,31)(H,28,29,30). The monoisotopic (exact) mass is 495 g/mol. The lowest BCUT2D eigenvalue weighted by Crippen LogP contribution is -2.24. The highest BCUT2D eigenvalue weighted by Crippen LogP contribution is 2.30. The lowest BCUT2D eigenvalue weighted by Gasteiger charge is -2.20. The number of anilines is 2. The molecular weight excluding hydrogens is 466 g/mol. The van der Waals surface area contributed by atoms with E-state index in [0.717, 1.165) is 53.3 Å². The second-order valence-electron chi connectivity index (χ2n) is 8.37. The minimum absolute atomic E-state index is 0.105. The number of ether oxygens (including phenoxy) is 1. The topological polar surface area (TPSA) is 80.3 Å². The maximum Gasteiger partial charge on any atom is 0.239 e. The SMILES string of the molecule is COc1cccc(-c2csc(NC(=O)C(C)Sc3ccc(NC(=O)C4CCCCC4)cc3)n2)c1. The highest BCUT2D eigenvalue weighted by molar-refractivity contribution is 8.00. The van der Waals surface area contributed by atoms with E-state index in [4.69, 9.17) is 4.74 Å². The van der Waals surface area contributed by atoms with Crippen LogP contribution in [0.15, 0.2) is 58.8 Å². The van der Waals surface area contributed by atoms with Gasteiger partial charge in [-0.15, -0.1) is 23.1 Å². The minimum Gasteiger partial charge on any atom is -0.497 e. The summed E-state index contributed by atoms with van der Waals surface area (Å²) in [6.45, 7) is 1.87. The third-order valence-electron chi connectivity index (χ3n) is 5.88. The molecule has 34 heavy (non-hydrogen) atoms. The van der Waals surface area contributed by atoms with Crippen LogP contribution in [0.5, 0.6) is 5.75 Å². The number of benzene rings is 2. The van der Waals surface area contributed by atoms with Crippen LogP contribution in [-0.2, 0) is 9.59 Å². The van der Waals surface area contributed by atoms with Gasteiger partial charge in [0.15, 0.2) is 5.13 Å². The second kappa shape index (κ2) is 11.5. The van der Waals surface area contributed by atoms with Crippen molar-refractivity contribution in [2.75, 3.05) is 17.7 Å². The quantitative estimate of drug-likeness (QED) is 0.351. The van der Waals surface area contributed by atoms with Gasteiger partial charge in [0.05, 0.1) is 18.1 Å². The van der Waals surface area contributed by atoms with Crippen molar-refractivity contribution in [3.63, 3.8) is 0 Å². The van der Waals surface area contributed by atoms with Crippen LogP contribution in [0.4, 0.5) is 10.8 Å². The van der Waals surface area contributed by atoms with Gasteiger partial charge in [0.1, 0.15) is 5.75 Å². The molecule has 1 fully saturated rings. The van der Waals surface area contributed by atoms with Crippen molar-refractivity contribution in [3.8, 4) is 17.0 Å². The van der Waals surface area contributed by atoms with Crippen LogP contribution < -0.4 is 15.4 Å². The van der Waals surface area contributed by atoms with E-state index in [0.29, 0.717) is 5.13 Å².